The van der Waals surface area contributed by atoms with E-state index in [0.29, 0.717) is 0 Å². The van der Waals surface area contributed by atoms with Crippen LogP contribution in [-0.4, -0.2) is 13.1 Å². The summed E-state index contributed by atoms with van der Waals surface area (Å²) in [7, 11) is 0. The average molecular weight is 283 g/mol. The number of nitriles is 1. The zero-order valence-electron chi connectivity index (χ0n) is 11.4. The van der Waals surface area contributed by atoms with Crippen molar-refractivity contribution >= 4 is 11.6 Å². The van der Waals surface area contributed by atoms with Gasteiger partial charge in [0.15, 0.2) is 0 Å². The molecule has 3 rings (SSSR count). The first-order valence-electron chi connectivity index (χ1n) is 6.71. The summed E-state index contributed by atoms with van der Waals surface area (Å²) in [5, 5.41) is 11.8. The SMILES string of the molecule is CC.Fc1ccccc1Cl.N#CCC1C2CNCC12. The molecule has 2 atom stereocenters. The topological polar surface area (TPSA) is 35.8 Å². The Labute approximate surface area is 119 Å². The Hall–Kier alpha value is -1.11. The van der Waals surface area contributed by atoms with Crippen LogP contribution in [-0.2, 0) is 0 Å². The molecule has 1 aliphatic carbocycles. The molecule has 0 amide bonds. The summed E-state index contributed by atoms with van der Waals surface area (Å²) in [6.45, 7) is 6.33. The maximum Gasteiger partial charge on any atom is 0.141 e. The molecule has 2 unspecified atom stereocenters. The summed E-state index contributed by atoms with van der Waals surface area (Å²) >= 11 is 5.33. The van der Waals surface area contributed by atoms with Gasteiger partial charge in [0.2, 0.25) is 0 Å². The Bertz CT molecular complexity index is 399. The minimum atomic E-state index is -0.367. The van der Waals surface area contributed by atoms with Gasteiger partial charge in [-0.05, 0) is 43.0 Å². The molecule has 2 fully saturated rings. The van der Waals surface area contributed by atoms with Gasteiger partial charge in [0.25, 0.3) is 0 Å². The molecular weight excluding hydrogens is 263 g/mol. The van der Waals surface area contributed by atoms with Gasteiger partial charge in [-0.3, -0.25) is 0 Å². The Morgan fingerprint density at radius 3 is 2.32 bits per heavy atom. The Balaban J connectivity index is 0.000000170. The van der Waals surface area contributed by atoms with Crippen molar-refractivity contribution in [3.05, 3.63) is 35.1 Å². The van der Waals surface area contributed by atoms with E-state index in [1.165, 1.54) is 12.1 Å². The fourth-order valence-electron chi connectivity index (χ4n) is 2.39. The monoisotopic (exact) mass is 282 g/mol. The van der Waals surface area contributed by atoms with Crippen LogP contribution in [0.4, 0.5) is 4.39 Å². The van der Waals surface area contributed by atoms with Gasteiger partial charge in [-0.25, -0.2) is 4.39 Å². The van der Waals surface area contributed by atoms with Crippen molar-refractivity contribution in [3.8, 4) is 6.07 Å². The molecule has 1 saturated heterocycles. The van der Waals surface area contributed by atoms with E-state index >= 15 is 0 Å². The summed E-state index contributed by atoms with van der Waals surface area (Å²) in [5.41, 5.74) is 0. The Morgan fingerprint density at radius 2 is 1.89 bits per heavy atom. The highest BCUT2D eigenvalue weighted by molar-refractivity contribution is 6.30. The summed E-state index contributed by atoms with van der Waals surface area (Å²) in [5.74, 6) is 2.12. The first-order chi connectivity index (χ1) is 9.24. The fourth-order valence-corrected chi connectivity index (χ4v) is 2.53. The number of piperidine rings is 1. The van der Waals surface area contributed by atoms with Crippen LogP contribution in [0, 0.1) is 34.9 Å². The van der Waals surface area contributed by atoms with E-state index in [-0.39, 0.29) is 10.8 Å². The van der Waals surface area contributed by atoms with E-state index in [0.717, 1.165) is 37.3 Å². The van der Waals surface area contributed by atoms with E-state index in [2.05, 4.69) is 11.4 Å². The number of hydrogen-bond donors (Lipinski definition) is 1. The molecule has 4 heteroatoms. The second kappa shape index (κ2) is 8.14. The highest BCUT2D eigenvalue weighted by Gasteiger charge is 2.52. The van der Waals surface area contributed by atoms with Crippen molar-refractivity contribution in [1.29, 1.82) is 5.26 Å². The maximum atomic E-state index is 12.2. The van der Waals surface area contributed by atoms with Crippen molar-refractivity contribution in [2.45, 2.75) is 20.3 Å². The van der Waals surface area contributed by atoms with E-state index in [9.17, 15) is 4.39 Å². The fraction of sp³-hybridized carbons (Fsp3) is 0.533. The molecule has 104 valence electrons. The van der Waals surface area contributed by atoms with Gasteiger partial charge in [0.05, 0.1) is 11.1 Å². The number of halogens is 2. The lowest BCUT2D eigenvalue weighted by atomic mass is 10.2. The largest absolute Gasteiger partial charge is 0.316 e. The van der Waals surface area contributed by atoms with Crippen molar-refractivity contribution in [2.75, 3.05) is 13.1 Å². The smallest absolute Gasteiger partial charge is 0.141 e. The molecule has 1 heterocycles. The van der Waals surface area contributed by atoms with Crippen LogP contribution in [0.15, 0.2) is 24.3 Å². The van der Waals surface area contributed by atoms with Gasteiger partial charge in [-0.1, -0.05) is 37.6 Å². The Kier molecular flexibility index (Phi) is 6.83. The van der Waals surface area contributed by atoms with E-state index < -0.39 is 0 Å². The van der Waals surface area contributed by atoms with E-state index in [1.807, 2.05) is 13.8 Å². The number of nitrogens with zero attached hydrogens (tertiary/aromatic N) is 1. The van der Waals surface area contributed by atoms with Crippen LogP contribution in [0.25, 0.3) is 0 Å². The van der Waals surface area contributed by atoms with Crippen molar-refractivity contribution in [2.24, 2.45) is 17.8 Å². The van der Waals surface area contributed by atoms with Crippen LogP contribution >= 0.6 is 11.6 Å². The highest BCUT2D eigenvalue weighted by Crippen LogP contribution is 2.50. The van der Waals surface area contributed by atoms with Crippen molar-refractivity contribution < 1.29 is 4.39 Å². The van der Waals surface area contributed by atoms with Gasteiger partial charge >= 0.3 is 0 Å². The van der Waals surface area contributed by atoms with Crippen LogP contribution in [0.2, 0.25) is 5.02 Å². The lowest BCUT2D eigenvalue weighted by molar-refractivity contribution is 0.606. The van der Waals surface area contributed by atoms with Gasteiger partial charge in [-0.2, -0.15) is 5.26 Å². The standard InChI is InChI=1S/C7H10N2.C6H4ClF.C2H6/c8-2-1-5-6-3-9-4-7(5)6;7-5-3-1-2-4-6(5)8;1-2/h5-7,9H,1,3-4H2;1-4H;1-2H3. The molecule has 1 aliphatic heterocycles. The lowest BCUT2D eigenvalue weighted by Gasteiger charge is -1.96. The van der Waals surface area contributed by atoms with Gasteiger partial charge in [0.1, 0.15) is 5.82 Å². The second-order valence-electron chi connectivity index (χ2n) is 4.43. The normalized spacial score (nSPS) is 25.9. The minimum Gasteiger partial charge on any atom is -0.316 e. The molecule has 0 bridgehead atoms. The molecule has 1 N–H and O–H groups in total. The third kappa shape index (κ3) is 4.49. The summed E-state index contributed by atoms with van der Waals surface area (Å²) in [6.07, 6.45) is 0.789. The third-order valence-corrected chi connectivity index (χ3v) is 3.73. The zero-order valence-corrected chi connectivity index (χ0v) is 12.1. The molecular formula is C15H20ClFN2. The van der Waals surface area contributed by atoms with Gasteiger partial charge < -0.3 is 5.32 Å². The van der Waals surface area contributed by atoms with E-state index in [4.69, 9.17) is 16.9 Å². The quantitative estimate of drug-likeness (QED) is 0.849. The average Bonchev–Trinajstić information content (AvgIpc) is 2.89. The van der Waals surface area contributed by atoms with Crippen molar-refractivity contribution in [3.63, 3.8) is 0 Å². The number of rotatable bonds is 1. The molecule has 0 spiro atoms. The van der Waals surface area contributed by atoms with Gasteiger partial charge in [-0.15, -0.1) is 0 Å². The summed E-state index contributed by atoms with van der Waals surface area (Å²) in [4.78, 5) is 0. The third-order valence-electron chi connectivity index (χ3n) is 3.42. The predicted octanol–water partition coefficient (Wildman–Crippen LogP) is 3.87. The minimum absolute atomic E-state index is 0.174. The maximum absolute atomic E-state index is 12.2. The number of benzene rings is 1. The first-order valence-corrected chi connectivity index (χ1v) is 7.09. The van der Waals surface area contributed by atoms with Crippen LogP contribution < -0.4 is 5.32 Å². The van der Waals surface area contributed by atoms with Crippen LogP contribution in [0.3, 0.4) is 0 Å². The summed E-state index contributed by atoms with van der Waals surface area (Å²) < 4.78 is 12.2. The van der Waals surface area contributed by atoms with E-state index in [1.54, 1.807) is 12.1 Å². The predicted molar refractivity (Wildman–Crippen MR) is 76.3 cm³/mol. The highest BCUT2D eigenvalue weighted by atomic mass is 35.5. The number of hydrogen-bond acceptors (Lipinski definition) is 2. The first kappa shape index (κ1) is 15.9. The summed E-state index contributed by atoms with van der Waals surface area (Å²) in [6, 6.07) is 8.35. The Morgan fingerprint density at radius 1 is 1.32 bits per heavy atom. The molecule has 0 radical (unpaired) electrons. The number of fused-ring (bicyclic) bond motifs is 1. The van der Waals surface area contributed by atoms with Crippen LogP contribution in [0.1, 0.15) is 20.3 Å². The van der Waals surface area contributed by atoms with Crippen molar-refractivity contribution in [1.82, 2.24) is 5.32 Å². The molecule has 1 aromatic carbocycles. The molecule has 2 nitrogen and oxygen atoms in total. The van der Waals surface area contributed by atoms with Gasteiger partial charge in [0, 0.05) is 6.42 Å². The molecule has 0 aromatic heterocycles. The zero-order chi connectivity index (χ0) is 14.3. The molecule has 1 saturated carbocycles. The molecule has 2 aliphatic rings. The second-order valence-corrected chi connectivity index (χ2v) is 4.83. The number of nitrogens with one attached hydrogen (secondary N) is 1. The van der Waals surface area contributed by atoms with Crippen LogP contribution in [0.5, 0.6) is 0 Å². The molecule has 1 aromatic rings. The lowest BCUT2D eigenvalue weighted by Crippen LogP contribution is -2.14. The molecule has 19 heavy (non-hydrogen) atoms.